The predicted octanol–water partition coefficient (Wildman–Crippen LogP) is 5.07. The zero-order valence-corrected chi connectivity index (χ0v) is 15.3. The molecule has 0 fully saturated rings. The van der Waals surface area contributed by atoms with E-state index in [0.29, 0.717) is 5.56 Å². The van der Waals surface area contributed by atoms with Crippen molar-refractivity contribution in [1.82, 2.24) is 4.57 Å². The van der Waals surface area contributed by atoms with Gasteiger partial charge in [0.25, 0.3) is 5.56 Å². The lowest BCUT2D eigenvalue weighted by molar-refractivity contribution is -0.137. The van der Waals surface area contributed by atoms with Gasteiger partial charge in [-0.2, -0.15) is 18.4 Å². The Balaban J connectivity index is 2.31. The lowest BCUT2D eigenvalue weighted by Crippen LogP contribution is -2.29. The van der Waals surface area contributed by atoms with E-state index in [2.05, 4.69) is 0 Å². The fraction of sp³-hybridized carbons (Fsp3) is 0.182. The molecule has 1 heterocycles. The monoisotopic (exact) mass is 382 g/mol. The summed E-state index contributed by atoms with van der Waals surface area (Å²) < 4.78 is 41.7. The Bertz CT molecular complexity index is 1120. The molecule has 0 saturated carbocycles. The van der Waals surface area contributed by atoms with E-state index in [1.54, 1.807) is 30.3 Å². The normalized spacial score (nSPS) is 11.3. The molecule has 0 amide bonds. The van der Waals surface area contributed by atoms with Gasteiger partial charge >= 0.3 is 6.18 Å². The van der Waals surface area contributed by atoms with Gasteiger partial charge in [-0.1, -0.05) is 54.1 Å². The molecule has 0 unspecified atom stereocenters. The highest BCUT2D eigenvalue weighted by Gasteiger charge is 2.36. The molecule has 3 nitrogen and oxygen atoms in total. The number of hydrogen-bond acceptors (Lipinski definition) is 2. The number of nitriles is 1. The Labute approximate surface area is 160 Å². The number of rotatable bonds is 3. The highest BCUT2D eigenvalue weighted by molar-refractivity contribution is 5.62. The second-order valence-corrected chi connectivity index (χ2v) is 6.62. The first-order chi connectivity index (χ1) is 13.2. The number of benzene rings is 2. The van der Waals surface area contributed by atoms with Crippen molar-refractivity contribution in [3.8, 4) is 17.3 Å². The van der Waals surface area contributed by atoms with Crippen LogP contribution in [-0.2, 0) is 12.7 Å². The van der Waals surface area contributed by atoms with Crippen LogP contribution < -0.4 is 5.56 Å². The van der Waals surface area contributed by atoms with Gasteiger partial charge in [-0.3, -0.25) is 4.79 Å². The molecule has 3 rings (SSSR count). The van der Waals surface area contributed by atoms with E-state index >= 15 is 0 Å². The summed E-state index contributed by atoms with van der Waals surface area (Å²) in [7, 11) is 0. The van der Waals surface area contributed by atoms with Crippen LogP contribution in [0, 0.1) is 25.2 Å². The van der Waals surface area contributed by atoms with Gasteiger partial charge in [0.05, 0.1) is 17.8 Å². The lowest BCUT2D eigenvalue weighted by atomic mass is 10.0. The van der Waals surface area contributed by atoms with Gasteiger partial charge in [-0.25, -0.2) is 0 Å². The van der Waals surface area contributed by atoms with Crippen LogP contribution in [0.3, 0.4) is 0 Å². The second-order valence-electron chi connectivity index (χ2n) is 6.62. The third-order valence-corrected chi connectivity index (χ3v) is 4.61. The second kappa shape index (κ2) is 7.35. The smallest absolute Gasteiger partial charge is 0.303 e. The topological polar surface area (TPSA) is 45.8 Å². The van der Waals surface area contributed by atoms with Crippen molar-refractivity contribution in [2.45, 2.75) is 26.6 Å². The summed E-state index contributed by atoms with van der Waals surface area (Å²) in [5.74, 6) is 0. The average molecular weight is 382 g/mol. The van der Waals surface area contributed by atoms with Gasteiger partial charge in [0, 0.05) is 0 Å². The molecule has 6 heteroatoms. The van der Waals surface area contributed by atoms with Crippen LogP contribution in [0.25, 0.3) is 11.3 Å². The first-order valence-electron chi connectivity index (χ1n) is 8.59. The van der Waals surface area contributed by atoms with E-state index in [1.807, 2.05) is 32.0 Å². The van der Waals surface area contributed by atoms with Crippen LogP contribution >= 0.6 is 0 Å². The SMILES string of the molecule is Cc1ccc(Cn2c(-c3ccccc3)cc(C(F)(F)F)c(C#N)c2=O)c(C)c1. The van der Waals surface area contributed by atoms with Crippen molar-refractivity contribution in [1.29, 1.82) is 5.26 Å². The molecule has 0 N–H and O–H groups in total. The summed E-state index contributed by atoms with van der Waals surface area (Å²) in [6.07, 6.45) is -4.80. The van der Waals surface area contributed by atoms with E-state index in [0.717, 1.165) is 22.8 Å². The van der Waals surface area contributed by atoms with Crippen molar-refractivity contribution in [3.63, 3.8) is 0 Å². The lowest BCUT2D eigenvalue weighted by Gasteiger charge is -2.18. The van der Waals surface area contributed by atoms with Crippen LogP contribution in [0.15, 0.2) is 59.4 Å². The van der Waals surface area contributed by atoms with Gasteiger partial charge in [0.2, 0.25) is 0 Å². The van der Waals surface area contributed by atoms with Gasteiger partial charge in [0.1, 0.15) is 11.6 Å². The summed E-state index contributed by atoms with van der Waals surface area (Å²) in [6, 6.07) is 16.4. The number of hydrogen-bond donors (Lipinski definition) is 0. The Morgan fingerprint density at radius 1 is 1.04 bits per heavy atom. The molecule has 1 aromatic heterocycles. The average Bonchev–Trinajstić information content (AvgIpc) is 2.64. The number of aromatic nitrogens is 1. The van der Waals surface area contributed by atoms with Crippen LogP contribution in [0.1, 0.15) is 27.8 Å². The molecule has 0 saturated heterocycles. The minimum absolute atomic E-state index is 0.0714. The van der Waals surface area contributed by atoms with Crippen LogP contribution in [0.5, 0.6) is 0 Å². The number of alkyl halides is 3. The van der Waals surface area contributed by atoms with E-state index in [-0.39, 0.29) is 12.2 Å². The number of pyridine rings is 1. The maximum absolute atomic E-state index is 13.5. The van der Waals surface area contributed by atoms with Crippen molar-refractivity contribution < 1.29 is 13.2 Å². The number of aryl methyl sites for hydroxylation is 2. The Hall–Kier alpha value is -3.33. The molecule has 0 spiro atoms. The van der Waals surface area contributed by atoms with Crippen LogP contribution in [-0.4, -0.2) is 4.57 Å². The largest absolute Gasteiger partial charge is 0.417 e. The van der Waals surface area contributed by atoms with Crippen molar-refractivity contribution >= 4 is 0 Å². The third-order valence-electron chi connectivity index (χ3n) is 4.61. The van der Waals surface area contributed by atoms with Crippen molar-refractivity contribution in [2.75, 3.05) is 0 Å². The van der Waals surface area contributed by atoms with Gasteiger partial charge < -0.3 is 4.57 Å². The van der Waals surface area contributed by atoms with E-state index in [9.17, 15) is 23.2 Å². The molecular formula is C22H17F3N2O. The highest BCUT2D eigenvalue weighted by atomic mass is 19.4. The Morgan fingerprint density at radius 3 is 2.29 bits per heavy atom. The number of nitrogens with zero attached hydrogens (tertiary/aromatic N) is 2. The molecule has 142 valence electrons. The first kappa shape index (κ1) is 19.4. The molecule has 0 aliphatic carbocycles. The zero-order valence-electron chi connectivity index (χ0n) is 15.3. The van der Waals surface area contributed by atoms with Crippen molar-refractivity contribution in [2.24, 2.45) is 0 Å². The summed E-state index contributed by atoms with van der Waals surface area (Å²) in [4.78, 5) is 12.9. The molecule has 2 aromatic carbocycles. The predicted molar refractivity (Wildman–Crippen MR) is 101 cm³/mol. The molecule has 0 atom stereocenters. The maximum atomic E-state index is 13.5. The standard InChI is InChI=1S/C22H17F3N2O/c1-14-8-9-17(15(2)10-14)13-27-20(16-6-4-3-5-7-16)11-19(22(23,24)25)18(12-26)21(27)28/h3-11H,13H2,1-2H3. The molecule has 28 heavy (non-hydrogen) atoms. The number of halogens is 3. The maximum Gasteiger partial charge on any atom is 0.417 e. The minimum Gasteiger partial charge on any atom is -0.303 e. The van der Waals surface area contributed by atoms with E-state index in [4.69, 9.17) is 0 Å². The summed E-state index contributed by atoms with van der Waals surface area (Å²) in [5.41, 5.74) is 0.306. The van der Waals surface area contributed by atoms with Gasteiger partial charge in [0.15, 0.2) is 0 Å². The Kier molecular flexibility index (Phi) is 5.10. The third kappa shape index (κ3) is 3.70. The van der Waals surface area contributed by atoms with Crippen molar-refractivity contribution in [3.05, 3.63) is 92.8 Å². The van der Waals surface area contributed by atoms with Crippen LogP contribution in [0.4, 0.5) is 13.2 Å². The quantitative estimate of drug-likeness (QED) is 0.635. The fourth-order valence-corrected chi connectivity index (χ4v) is 3.18. The summed E-state index contributed by atoms with van der Waals surface area (Å²) in [6.45, 7) is 3.89. The van der Waals surface area contributed by atoms with Gasteiger partial charge in [-0.05, 0) is 36.6 Å². The molecule has 0 aliphatic rings. The van der Waals surface area contributed by atoms with Gasteiger partial charge in [-0.15, -0.1) is 0 Å². The fourth-order valence-electron chi connectivity index (χ4n) is 3.18. The summed E-state index contributed by atoms with van der Waals surface area (Å²) >= 11 is 0. The highest BCUT2D eigenvalue weighted by Crippen LogP contribution is 2.33. The van der Waals surface area contributed by atoms with E-state index < -0.39 is 22.9 Å². The molecule has 3 aromatic rings. The summed E-state index contributed by atoms with van der Waals surface area (Å²) in [5, 5.41) is 9.24. The Morgan fingerprint density at radius 2 is 1.71 bits per heavy atom. The zero-order chi connectivity index (χ0) is 20.5. The molecule has 0 bridgehead atoms. The molecule has 0 radical (unpaired) electrons. The molecular weight excluding hydrogens is 365 g/mol. The van der Waals surface area contributed by atoms with Crippen LogP contribution in [0.2, 0.25) is 0 Å². The molecule has 0 aliphatic heterocycles. The van der Waals surface area contributed by atoms with E-state index in [1.165, 1.54) is 10.6 Å². The minimum atomic E-state index is -4.80. The first-order valence-corrected chi connectivity index (χ1v) is 8.59.